The SMILES string of the molecule is CCCCCCCCCCCCCCCCCCC(=O)OC[C@@H](COC(=O)CCCCCCCCCCCCCCCC(C)C)OC(=O)CCCCCCCCCCC. The van der Waals surface area contributed by atoms with Gasteiger partial charge in [-0.2, -0.15) is 0 Å². The lowest BCUT2D eigenvalue weighted by atomic mass is 10.0. The summed E-state index contributed by atoms with van der Waals surface area (Å²) in [5.41, 5.74) is 0. The molecule has 59 heavy (non-hydrogen) atoms. The second-order valence-corrected chi connectivity index (χ2v) is 18.6. The molecule has 0 fully saturated rings. The minimum atomic E-state index is -0.760. The van der Waals surface area contributed by atoms with Crippen LogP contribution in [0.5, 0.6) is 0 Å². The smallest absolute Gasteiger partial charge is 0.306 e. The zero-order valence-corrected chi connectivity index (χ0v) is 40.2. The van der Waals surface area contributed by atoms with Crippen LogP contribution in [0.1, 0.15) is 297 Å². The van der Waals surface area contributed by atoms with E-state index < -0.39 is 6.10 Å². The molecule has 0 saturated heterocycles. The van der Waals surface area contributed by atoms with E-state index in [2.05, 4.69) is 27.7 Å². The van der Waals surface area contributed by atoms with Gasteiger partial charge in [-0.3, -0.25) is 14.4 Å². The molecule has 0 radical (unpaired) electrons. The van der Waals surface area contributed by atoms with E-state index >= 15 is 0 Å². The zero-order chi connectivity index (χ0) is 43.1. The molecule has 0 amide bonds. The lowest BCUT2D eigenvalue weighted by Gasteiger charge is -2.18. The Kier molecular flexibility index (Phi) is 46.2. The largest absolute Gasteiger partial charge is 0.462 e. The number of hydrogen-bond acceptors (Lipinski definition) is 6. The third-order valence-electron chi connectivity index (χ3n) is 12.0. The Hall–Kier alpha value is -1.59. The van der Waals surface area contributed by atoms with Crippen LogP contribution in [0.15, 0.2) is 0 Å². The predicted octanol–water partition coefficient (Wildman–Crippen LogP) is 17.1. The molecule has 0 aromatic carbocycles. The van der Waals surface area contributed by atoms with Crippen molar-refractivity contribution in [3.8, 4) is 0 Å². The second-order valence-electron chi connectivity index (χ2n) is 18.6. The van der Waals surface area contributed by atoms with Crippen molar-refractivity contribution in [2.75, 3.05) is 13.2 Å². The number of rotatable bonds is 48. The fourth-order valence-electron chi connectivity index (χ4n) is 8.04. The first-order valence-corrected chi connectivity index (χ1v) is 26.4. The Labute approximate surface area is 368 Å². The van der Waals surface area contributed by atoms with Crippen LogP contribution in [0.2, 0.25) is 0 Å². The summed E-state index contributed by atoms with van der Waals surface area (Å²) in [6, 6.07) is 0. The molecule has 350 valence electrons. The van der Waals surface area contributed by atoms with E-state index in [1.807, 2.05) is 0 Å². The second kappa shape index (κ2) is 47.5. The number of ether oxygens (including phenoxy) is 3. The van der Waals surface area contributed by atoms with Gasteiger partial charge in [-0.25, -0.2) is 0 Å². The molecule has 6 nitrogen and oxygen atoms in total. The first-order chi connectivity index (χ1) is 28.9. The number of esters is 3. The van der Waals surface area contributed by atoms with E-state index in [4.69, 9.17) is 14.2 Å². The van der Waals surface area contributed by atoms with Crippen LogP contribution in [-0.2, 0) is 28.6 Å². The monoisotopic (exact) mass is 835 g/mol. The van der Waals surface area contributed by atoms with Crippen LogP contribution >= 0.6 is 0 Å². The van der Waals surface area contributed by atoms with Crippen LogP contribution in [-0.4, -0.2) is 37.2 Å². The van der Waals surface area contributed by atoms with E-state index in [0.29, 0.717) is 19.3 Å². The van der Waals surface area contributed by atoms with Crippen LogP contribution in [0.25, 0.3) is 0 Å². The molecule has 0 N–H and O–H groups in total. The van der Waals surface area contributed by atoms with Gasteiger partial charge in [-0.15, -0.1) is 0 Å². The molecule has 0 aromatic heterocycles. The number of hydrogen-bond donors (Lipinski definition) is 0. The van der Waals surface area contributed by atoms with Gasteiger partial charge >= 0.3 is 17.9 Å². The summed E-state index contributed by atoms with van der Waals surface area (Å²) in [6.45, 7) is 9.02. The molecule has 0 aromatic rings. The highest BCUT2D eigenvalue weighted by Crippen LogP contribution is 2.17. The highest BCUT2D eigenvalue weighted by atomic mass is 16.6. The van der Waals surface area contributed by atoms with Crippen molar-refractivity contribution in [2.45, 2.75) is 303 Å². The van der Waals surface area contributed by atoms with Gasteiger partial charge in [-0.1, -0.05) is 259 Å². The van der Waals surface area contributed by atoms with E-state index in [9.17, 15) is 14.4 Å². The molecule has 0 aliphatic carbocycles. The maximum atomic E-state index is 12.7. The van der Waals surface area contributed by atoms with Gasteiger partial charge in [-0.05, 0) is 25.2 Å². The minimum absolute atomic E-state index is 0.0627. The average Bonchev–Trinajstić information content (AvgIpc) is 3.22. The van der Waals surface area contributed by atoms with E-state index in [-0.39, 0.29) is 31.1 Å². The highest BCUT2D eigenvalue weighted by molar-refractivity contribution is 5.71. The van der Waals surface area contributed by atoms with Gasteiger partial charge in [0.05, 0.1) is 0 Å². The maximum Gasteiger partial charge on any atom is 0.306 e. The number of unbranched alkanes of at least 4 members (excludes halogenated alkanes) is 35. The molecule has 0 heterocycles. The van der Waals surface area contributed by atoms with Crippen LogP contribution in [0, 0.1) is 5.92 Å². The van der Waals surface area contributed by atoms with Crippen molar-refractivity contribution >= 4 is 17.9 Å². The third kappa shape index (κ3) is 47.3. The minimum Gasteiger partial charge on any atom is -0.462 e. The number of carbonyl (C=O) groups is 3. The molecule has 1 atom stereocenters. The Bertz CT molecular complexity index is 887. The highest BCUT2D eigenvalue weighted by Gasteiger charge is 2.19. The Morgan fingerprint density at radius 1 is 0.322 bits per heavy atom. The summed E-state index contributed by atoms with van der Waals surface area (Å²) in [5.74, 6) is -0.00569. The zero-order valence-electron chi connectivity index (χ0n) is 40.2. The topological polar surface area (TPSA) is 78.9 Å². The molecule has 0 aliphatic heterocycles. The summed E-state index contributed by atoms with van der Waals surface area (Å²) in [7, 11) is 0. The Morgan fingerprint density at radius 3 is 0.831 bits per heavy atom. The first-order valence-electron chi connectivity index (χ1n) is 26.4. The van der Waals surface area contributed by atoms with Gasteiger partial charge < -0.3 is 14.2 Å². The molecule has 0 aliphatic rings. The number of carbonyl (C=O) groups excluding carboxylic acids is 3. The van der Waals surface area contributed by atoms with Crippen molar-refractivity contribution < 1.29 is 28.6 Å². The fraction of sp³-hybridized carbons (Fsp3) is 0.943. The molecule has 0 rings (SSSR count). The summed E-state index contributed by atoms with van der Waals surface area (Å²) >= 11 is 0. The maximum absolute atomic E-state index is 12.7. The van der Waals surface area contributed by atoms with E-state index in [1.54, 1.807) is 0 Å². The third-order valence-corrected chi connectivity index (χ3v) is 12.0. The quantitative estimate of drug-likeness (QED) is 0.0345. The van der Waals surface area contributed by atoms with Crippen molar-refractivity contribution in [2.24, 2.45) is 5.92 Å². The Balaban J connectivity index is 4.22. The van der Waals surface area contributed by atoms with Crippen molar-refractivity contribution in [3.63, 3.8) is 0 Å². The lowest BCUT2D eigenvalue weighted by molar-refractivity contribution is -0.167. The summed E-state index contributed by atoms with van der Waals surface area (Å²) < 4.78 is 16.8. The van der Waals surface area contributed by atoms with Crippen molar-refractivity contribution in [1.29, 1.82) is 0 Å². The molecule has 6 heteroatoms. The van der Waals surface area contributed by atoms with E-state index in [1.165, 1.54) is 193 Å². The first kappa shape index (κ1) is 57.4. The molecule has 0 bridgehead atoms. The van der Waals surface area contributed by atoms with Gasteiger partial charge in [0.1, 0.15) is 13.2 Å². The summed E-state index contributed by atoms with van der Waals surface area (Å²) in [4.78, 5) is 37.9. The molecule has 0 unspecified atom stereocenters. The van der Waals surface area contributed by atoms with Crippen LogP contribution in [0.3, 0.4) is 0 Å². The van der Waals surface area contributed by atoms with Gasteiger partial charge in [0, 0.05) is 19.3 Å². The average molecular weight is 835 g/mol. The standard InChI is InChI=1S/C53H102O6/c1-5-7-9-11-13-15-16-17-18-19-22-25-29-32-36-40-44-51(54)57-47-50(59-53(56)46-42-38-34-27-14-12-10-8-6-2)48-58-52(55)45-41-37-33-30-26-23-20-21-24-28-31-35-39-43-49(3)4/h49-50H,5-48H2,1-4H3/t50-/m0/s1. The molecular formula is C53H102O6. The Morgan fingerprint density at radius 2 is 0.559 bits per heavy atom. The van der Waals surface area contributed by atoms with Crippen molar-refractivity contribution in [1.82, 2.24) is 0 Å². The van der Waals surface area contributed by atoms with Gasteiger partial charge in [0.2, 0.25) is 0 Å². The predicted molar refractivity (Wildman–Crippen MR) is 252 cm³/mol. The summed E-state index contributed by atoms with van der Waals surface area (Å²) in [5, 5.41) is 0. The normalized spacial score (nSPS) is 11.9. The van der Waals surface area contributed by atoms with Gasteiger partial charge in [0.15, 0.2) is 6.10 Å². The summed E-state index contributed by atoms with van der Waals surface area (Å²) in [6.07, 6.45) is 49.5. The van der Waals surface area contributed by atoms with E-state index in [0.717, 1.165) is 63.7 Å². The van der Waals surface area contributed by atoms with Crippen LogP contribution in [0.4, 0.5) is 0 Å². The van der Waals surface area contributed by atoms with Crippen molar-refractivity contribution in [3.05, 3.63) is 0 Å². The van der Waals surface area contributed by atoms with Crippen LogP contribution < -0.4 is 0 Å². The molecule has 0 spiro atoms. The molecular weight excluding hydrogens is 733 g/mol. The lowest BCUT2D eigenvalue weighted by Crippen LogP contribution is -2.30. The fourth-order valence-corrected chi connectivity index (χ4v) is 8.04. The molecule has 0 saturated carbocycles. The van der Waals surface area contributed by atoms with Gasteiger partial charge in [0.25, 0.3) is 0 Å².